The fourth-order valence-electron chi connectivity index (χ4n) is 1.79. The van der Waals surface area contributed by atoms with Gasteiger partial charge in [-0.25, -0.2) is 0 Å². The first-order valence-electron chi connectivity index (χ1n) is 5.51. The average Bonchev–Trinajstić information content (AvgIpc) is 2.15. The van der Waals surface area contributed by atoms with Crippen molar-refractivity contribution in [3.05, 3.63) is 0 Å². The highest BCUT2D eigenvalue weighted by atomic mass is 19.4. The highest BCUT2D eigenvalue weighted by Gasteiger charge is 2.33. The minimum atomic E-state index is -4.20. The van der Waals surface area contributed by atoms with Gasteiger partial charge in [-0.05, 0) is 13.0 Å². The molecule has 0 amide bonds. The Bertz CT molecular complexity index is 218. The Morgan fingerprint density at radius 1 is 1.19 bits per heavy atom. The van der Waals surface area contributed by atoms with Crippen LogP contribution in [0.3, 0.4) is 0 Å². The number of nitrogens with zero attached hydrogens (tertiary/aromatic N) is 1. The molecule has 96 valence electrons. The number of hydrogen-bond acceptors (Lipinski definition) is 2. The van der Waals surface area contributed by atoms with Gasteiger partial charge in [-0.3, -0.25) is 4.90 Å². The van der Waals surface area contributed by atoms with E-state index in [1.165, 1.54) is 4.90 Å². The molecule has 0 N–H and O–H groups in total. The van der Waals surface area contributed by atoms with Gasteiger partial charge in [0.25, 0.3) is 0 Å². The van der Waals surface area contributed by atoms with Gasteiger partial charge in [0, 0.05) is 12.0 Å². The summed E-state index contributed by atoms with van der Waals surface area (Å²) < 4.78 is 36.7. The molecule has 1 atom stereocenters. The van der Waals surface area contributed by atoms with Gasteiger partial charge in [-0.15, -0.1) is 0 Å². The van der Waals surface area contributed by atoms with E-state index in [1.807, 2.05) is 6.92 Å². The van der Waals surface area contributed by atoms with Crippen molar-refractivity contribution in [2.45, 2.75) is 39.8 Å². The predicted molar refractivity (Wildman–Crippen MR) is 57.2 cm³/mol. The first-order chi connectivity index (χ1) is 7.26. The van der Waals surface area contributed by atoms with E-state index in [9.17, 15) is 18.0 Å². The lowest BCUT2D eigenvalue weighted by molar-refractivity contribution is -0.149. The highest BCUT2D eigenvalue weighted by molar-refractivity contribution is 5.58. The zero-order chi connectivity index (χ0) is 12.8. The topological polar surface area (TPSA) is 20.3 Å². The number of carbonyl (C=O) groups excluding carboxylic acids is 1. The van der Waals surface area contributed by atoms with Crippen LogP contribution in [0.15, 0.2) is 0 Å². The number of aldehydes is 1. The van der Waals surface area contributed by atoms with Crippen LogP contribution < -0.4 is 0 Å². The number of rotatable bonds is 7. The maximum atomic E-state index is 12.2. The van der Waals surface area contributed by atoms with E-state index >= 15 is 0 Å². The van der Waals surface area contributed by atoms with Crippen LogP contribution in [0, 0.1) is 5.41 Å². The molecule has 2 nitrogen and oxygen atoms in total. The van der Waals surface area contributed by atoms with Gasteiger partial charge in [0.15, 0.2) is 0 Å². The van der Waals surface area contributed by atoms with E-state index in [4.69, 9.17) is 0 Å². The zero-order valence-electron chi connectivity index (χ0n) is 10.1. The molecule has 1 unspecified atom stereocenters. The third-order valence-electron chi connectivity index (χ3n) is 2.54. The number of halogens is 3. The molecule has 0 heterocycles. The summed E-state index contributed by atoms with van der Waals surface area (Å²) in [6.45, 7) is 4.82. The quantitative estimate of drug-likeness (QED) is 0.637. The Labute approximate surface area is 94.8 Å². The van der Waals surface area contributed by atoms with Crippen LogP contribution in [0.1, 0.15) is 33.6 Å². The Kier molecular flexibility index (Phi) is 6.00. The minimum Gasteiger partial charge on any atom is -0.303 e. The van der Waals surface area contributed by atoms with Gasteiger partial charge in [0.05, 0.1) is 6.54 Å². The first kappa shape index (κ1) is 15.4. The van der Waals surface area contributed by atoms with Gasteiger partial charge in [0.1, 0.15) is 6.29 Å². The molecule has 0 saturated heterocycles. The van der Waals surface area contributed by atoms with Crippen molar-refractivity contribution >= 4 is 6.29 Å². The maximum absolute atomic E-state index is 12.2. The molecule has 0 saturated carbocycles. The summed E-state index contributed by atoms with van der Waals surface area (Å²) in [7, 11) is 0. The van der Waals surface area contributed by atoms with Crippen LogP contribution in [0.4, 0.5) is 13.2 Å². The van der Waals surface area contributed by atoms with Crippen molar-refractivity contribution in [3.63, 3.8) is 0 Å². The van der Waals surface area contributed by atoms with E-state index in [0.717, 1.165) is 12.7 Å². The molecule has 0 radical (unpaired) electrons. The second kappa shape index (κ2) is 6.23. The molecule has 0 aliphatic carbocycles. The van der Waals surface area contributed by atoms with Crippen LogP contribution in [0.5, 0.6) is 0 Å². The molecule has 0 aromatic heterocycles. The molecule has 0 aliphatic rings. The van der Waals surface area contributed by atoms with Crippen molar-refractivity contribution in [1.82, 2.24) is 4.90 Å². The van der Waals surface area contributed by atoms with E-state index in [1.54, 1.807) is 13.8 Å². The smallest absolute Gasteiger partial charge is 0.303 e. The summed E-state index contributed by atoms with van der Waals surface area (Å²) in [6.07, 6.45) is -2.02. The molecule has 0 aromatic carbocycles. The van der Waals surface area contributed by atoms with Crippen LogP contribution in [0.2, 0.25) is 0 Å². The molecule has 16 heavy (non-hydrogen) atoms. The Balaban J connectivity index is 4.44. The lowest BCUT2D eigenvalue weighted by atomic mass is 9.86. The fourth-order valence-corrected chi connectivity index (χ4v) is 1.79. The summed E-state index contributed by atoms with van der Waals surface area (Å²) >= 11 is 0. The largest absolute Gasteiger partial charge is 0.401 e. The SMILES string of the molecule is CCCC(C)(C=O)CN(CC)CC(F)(F)F. The van der Waals surface area contributed by atoms with E-state index in [0.29, 0.717) is 13.0 Å². The Morgan fingerprint density at radius 2 is 1.75 bits per heavy atom. The zero-order valence-corrected chi connectivity index (χ0v) is 10.1. The number of alkyl halides is 3. The molecule has 0 spiro atoms. The van der Waals surface area contributed by atoms with Gasteiger partial charge >= 0.3 is 6.18 Å². The van der Waals surface area contributed by atoms with E-state index in [-0.39, 0.29) is 6.54 Å². The standard InChI is InChI=1S/C11H20F3NO/c1-4-6-10(3,9-16)7-15(5-2)8-11(12,13)14/h9H,4-8H2,1-3H3. The molecule has 0 bridgehead atoms. The molecule has 0 aromatic rings. The van der Waals surface area contributed by atoms with Crippen molar-refractivity contribution in [1.29, 1.82) is 0 Å². The molecule has 0 aliphatic heterocycles. The van der Waals surface area contributed by atoms with Crippen molar-refractivity contribution in [3.8, 4) is 0 Å². The molecular weight excluding hydrogens is 219 g/mol. The minimum absolute atomic E-state index is 0.167. The predicted octanol–water partition coefficient (Wildman–Crippen LogP) is 2.88. The third kappa shape index (κ3) is 6.10. The van der Waals surface area contributed by atoms with Crippen molar-refractivity contribution < 1.29 is 18.0 Å². The van der Waals surface area contributed by atoms with Crippen molar-refractivity contribution in [2.75, 3.05) is 19.6 Å². The monoisotopic (exact) mass is 239 g/mol. The van der Waals surface area contributed by atoms with Gasteiger partial charge < -0.3 is 4.79 Å². The second-order valence-electron chi connectivity index (χ2n) is 4.44. The second-order valence-corrected chi connectivity index (χ2v) is 4.44. The van der Waals surface area contributed by atoms with Crippen LogP contribution in [-0.4, -0.2) is 37.0 Å². The van der Waals surface area contributed by atoms with Gasteiger partial charge in [-0.2, -0.15) is 13.2 Å². The first-order valence-corrected chi connectivity index (χ1v) is 5.51. The fraction of sp³-hybridized carbons (Fsp3) is 0.909. The molecule has 0 rings (SSSR count). The Morgan fingerprint density at radius 3 is 2.06 bits per heavy atom. The van der Waals surface area contributed by atoms with Crippen LogP contribution >= 0.6 is 0 Å². The van der Waals surface area contributed by atoms with Crippen LogP contribution in [0.25, 0.3) is 0 Å². The Hall–Kier alpha value is -0.580. The lowest BCUT2D eigenvalue weighted by Gasteiger charge is -2.31. The molecule has 0 fully saturated rings. The summed E-state index contributed by atoms with van der Waals surface area (Å²) in [5, 5.41) is 0. The molecule has 5 heteroatoms. The number of carbonyl (C=O) groups is 1. The summed E-state index contributed by atoms with van der Waals surface area (Å²) in [5.74, 6) is 0. The highest BCUT2D eigenvalue weighted by Crippen LogP contribution is 2.24. The van der Waals surface area contributed by atoms with Crippen LogP contribution in [-0.2, 0) is 4.79 Å². The average molecular weight is 239 g/mol. The van der Waals surface area contributed by atoms with E-state index < -0.39 is 18.1 Å². The number of hydrogen-bond donors (Lipinski definition) is 0. The normalized spacial score (nSPS) is 16.2. The third-order valence-corrected chi connectivity index (χ3v) is 2.54. The van der Waals surface area contributed by atoms with Crippen molar-refractivity contribution in [2.24, 2.45) is 5.41 Å². The summed E-state index contributed by atoms with van der Waals surface area (Å²) in [6, 6.07) is 0. The lowest BCUT2D eigenvalue weighted by Crippen LogP contribution is -2.41. The van der Waals surface area contributed by atoms with Gasteiger partial charge in [0.2, 0.25) is 0 Å². The molecular formula is C11H20F3NO. The van der Waals surface area contributed by atoms with E-state index in [2.05, 4.69) is 0 Å². The maximum Gasteiger partial charge on any atom is 0.401 e. The summed E-state index contributed by atoms with van der Waals surface area (Å²) in [5.41, 5.74) is -0.671. The summed E-state index contributed by atoms with van der Waals surface area (Å²) in [4.78, 5) is 12.2. The van der Waals surface area contributed by atoms with Gasteiger partial charge in [-0.1, -0.05) is 27.2 Å².